The minimum atomic E-state index is 0.229. The summed E-state index contributed by atoms with van der Waals surface area (Å²) in [5.74, 6) is 1.39. The van der Waals surface area contributed by atoms with Crippen molar-refractivity contribution in [1.82, 2.24) is 0 Å². The third kappa shape index (κ3) is 3.08. The van der Waals surface area contributed by atoms with Gasteiger partial charge in [-0.25, -0.2) is 0 Å². The van der Waals surface area contributed by atoms with Crippen molar-refractivity contribution < 1.29 is 9.53 Å². The Hall–Kier alpha value is -1.31. The number of hydrogen-bond donors (Lipinski definition) is 0. The number of rotatable bonds is 5. The lowest BCUT2D eigenvalue weighted by Crippen LogP contribution is -2.05. The summed E-state index contributed by atoms with van der Waals surface area (Å²) in [6, 6.07) is 7.91. The second-order valence-electron chi connectivity index (χ2n) is 3.75. The van der Waals surface area contributed by atoms with Gasteiger partial charge in [0, 0.05) is 6.42 Å². The maximum atomic E-state index is 11.1. The van der Waals surface area contributed by atoms with E-state index in [0.29, 0.717) is 6.42 Å². The van der Waals surface area contributed by atoms with E-state index in [4.69, 9.17) is 4.74 Å². The van der Waals surface area contributed by atoms with Gasteiger partial charge in [-0.3, -0.25) is 0 Å². The Bertz CT molecular complexity index is 331. The number of ketones is 1. The van der Waals surface area contributed by atoms with Crippen LogP contribution in [0.5, 0.6) is 5.75 Å². The van der Waals surface area contributed by atoms with Crippen LogP contribution in [-0.4, -0.2) is 12.9 Å². The molecule has 82 valence electrons. The van der Waals surface area contributed by atoms with Gasteiger partial charge in [0.2, 0.25) is 0 Å². The molecule has 0 aliphatic carbocycles. The van der Waals surface area contributed by atoms with E-state index in [-0.39, 0.29) is 11.7 Å². The van der Waals surface area contributed by atoms with E-state index in [0.717, 1.165) is 17.7 Å². The zero-order valence-corrected chi connectivity index (χ0v) is 9.62. The van der Waals surface area contributed by atoms with Crippen molar-refractivity contribution in [2.75, 3.05) is 7.11 Å². The second kappa shape index (κ2) is 5.54. The molecular formula is C13H18O2. The van der Waals surface area contributed by atoms with Crippen LogP contribution in [0.25, 0.3) is 0 Å². The molecule has 0 radical (unpaired) electrons. The van der Waals surface area contributed by atoms with Gasteiger partial charge in [-0.15, -0.1) is 0 Å². The van der Waals surface area contributed by atoms with E-state index in [1.807, 2.05) is 24.3 Å². The minimum absolute atomic E-state index is 0.229. The first kappa shape index (κ1) is 11.8. The van der Waals surface area contributed by atoms with Gasteiger partial charge in [0.1, 0.15) is 11.5 Å². The van der Waals surface area contributed by atoms with E-state index in [1.165, 1.54) is 0 Å². The van der Waals surface area contributed by atoms with Crippen LogP contribution in [0.3, 0.4) is 0 Å². The quantitative estimate of drug-likeness (QED) is 0.739. The first-order valence-corrected chi connectivity index (χ1v) is 5.31. The maximum absolute atomic E-state index is 11.1. The number of para-hydroxylation sites is 1. The Labute approximate surface area is 91.3 Å². The fourth-order valence-corrected chi connectivity index (χ4v) is 1.82. The van der Waals surface area contributed by atoms with Crippen molar-refractivity contribution >= 4 is 5.78 Å². The highest BCUT2D eigenvalue weighted by Gasteiger charge is 2.15. The normalized spacial score (nSPS) is 12.2. The molecule has 0 aromatic heterocycles. The fourth-order valence-electron chi connectivity index (χ4n) is 1.82. The molecule has 0 fully saturated rings. The molecule has 0 bridgehead atoms. The van der Waals surface area contributed by atoms with Gasteiger partial charge in [-0.2, -0.15) is 0 Å². The molecule has 2 heteroatoms. The van der Waals surface area contributed by atoms with E-state index in [2.05, 4.69) is 6.92 Å². The lowest BCUT2D eigenvalue weighted by atomic mass is 9.91. The number of hydrogen-bond acceptors (Lipinski definition) is 2. The number of carbonyl (C=O) groups is 1. The summed E-state index contributed by atoms with van der Waals surface area (Å²) in [5, 5.41) is 0. The largest absolute Gasteiger partial charge is 0.496 e. The van der Waals surface area contributed by atoms with Crippen LogP contribution < -0.4 is 4.74 Å². The molecule has 1 aromatic carbocycles. The highest BCUT2D eigenvalue weighted by molar-refractivity contribution is 5.76. The summed E-state index contributed by atoms with van der Waals surface area (Å²) in [6.07, 6.45) is 1.55. The molecule has 0 saturated carbocycles. The van der Waals surface area contributed by atoms with Crippen LogP contribution in [0.15, 0.2) is 24.3 Å². The predicted molar refractivity (Wildman–Crippen MR) is 61.3 cm³/mol. The minimum Gasteiger partial charge on any atom is -0.496 e. The van der Waals surface area contributed by atoms with E-state index >= 15 is 0 Å². The Morgan fingerprint density at radius 3 is 2.60 bits per heavy atom. The molecule has 15 heavy (non-hydrogen) atoms. The number of ether oxygens (including phenoxy) is 1. The summed E-state index contributed by atoms with van der Waals surface area (Å²) >= 11 is 0. The molecule has 1 aromatic rings. The van der Waals surface area contributed by atoms with Gasteiger partial charge in [-0.1, -0.05) is 25.1 Å². The Morgan fingerprint density at radius 2 is 2.07 bits per heavy atom. The molecule has 0 amide bonds. The summed E-state index contributed by atoms with van der Waals surface area (Å²) < 4.78 is 5.30. The Balaban J connectivity index is 2.95. The van der Waals surface area contributed by atoms with Gasteiger partial charge in [0.15, 0.2) is 0 Å². The molecule has 0 aliphatic rings. The fraction of sp³-hybridized carbons (Fsp3) is 0.462. The number of Topliss-reactive ketones (excluding diaryl/α,β-unsaturated/α-hetero) is 1. The molecule has 0 heterocycles. The zero-order chi connectivity index (χ0) is 11.3. The average molecular weight is 206 g/mol. The van der Waals surface area contributed by atoms with Crippen LogP contribution >= 0.6 is 0 Å². The van der Waals surface area contributed by atoms with Gasteiger partial charge in [-0.05, 0) is 30.9 Å². The summed E-state index contributed by atoms with van der Waals surface area (Å²) in [4.78, 5) is 11.1. The zero-order valence-electron chi connectivity index (χ0n) is 9.62. The monoisotopic (exact) mass is 206 g/mol. The van der Waals surface area contributed by atoms with Crippen molar-refractivity contribution in [2.45, 2.75) is 32.6 Å². The van der Waals surface area contributed by atoms with Crippen LogP contribution in [0, 0.1) is 0 Å². The van der Waals surface area contributed by atoms with Crippen molar-refractivity contribution in [3.8, 4) is 5.75 Å². The smallest absolute Gasteiger partial charge is 0.130 e. The first-order chi connectivity index (χ1) is 7.19. The van der Waals surface area contributed by atoms with Crippen LogP contribution in [-0.2, 0) is 4.79 Å². The number of benzene rings is 1. The van der Waals surface area contributed by atoms with Gasteiger partial charge in [0.05, 0.1) is 7.11 Å². The first-order valence-electron chi connectivity index (χ1n) is 5.31. The molecule has 0 saturated heterocycles. The highest BCUT2D eigenvalue weighted by atomic mass is 16.5. The van der Waals surface area contributed by atoms with Gasteiger partial charge >= 0.3 is 0 Å². The Kier molecular flexibility index (Phi) is 4.35. The molecule has 0 aliphatic heterocycles. The number of methoxy groups -OCH3 is 1. The molecular weight excluding hydrogens is 188 g/mol. The predicted octanol–water partition coefficient (Wildman–Crippen LogP) is 3.17. The molecule has 0 spiro atoms. The van der Waals surface area contributed by atoms with Crippen LogP contribution in [0.2, 0.25) is 0 Å². The third-order valence-corrected chi connectivity index (χ3v) is 2.61. The SMILES string of the molecule is CC[C@H](CC(C)=O)c1ccccc1OC. The van der Waals surface area contributed by atoms with Crippen molar-refractivity contribution in [1.29, 1.82) is 0 Å². The highest BCUT2D eigenvalue weighted by Crippen LogP contribution is 2.31. The Morgan fingerprint density at radius 1 is 1.40 bits per heavy atom. The van der Waals surface area contributed by atoms with E-state index < -0.39 is 0 Å². The standard InChI is InChI=1S/C13H18O2/c1-4-11(9-10(2)14)12-7-5-6-8-13(12)15-3/h5-8,11H,4,9H2,1-3H3/t11-/m1/s1. The summed E-state index contributed by atoms with van der Waals surface area (Å²) in [5.41, 5.74) is 1.14. The van der Waals surface area contributed by atoms with Crippen LogP contribution in [0.4, 0.5) is 0 Å². The third-order valence-electron chi connectivity index (χ3n) is 2.61. The maximum Gasteiger partial charge on any atom is 0.130 e. The molecule has 0 unspecified atom stereocenters. The van der Waals surface area contributed by atoms with Gasteiger partial charge in [0.25, 0.3) is 0 Å². The van der Waals surface area contributed by atoms with E-state index in [1.54, 1.807) is 14.0 Å². The summed E-state index contributed by atoms with van der Waals surface area (Å²) in [7, 11) is 1.67. The van der Waals surface area contributed by atoms with Crippen molar-refractivity contribution in [3.05, 3.63) is 29.8 Å². The molecule has 1 rings (SSSR count). The van der Waals surface area contributed by atoms with Gasteiger partial charge < -0.3 is 9.53 Å². The summed E-state index contributed by atoms with van der Waals surface area (Å²) in [6.45, 7) is 3.73. The number of carbonyl (C=O) groups excluding carboxylic acids is 1. The molecule has 0 N–H and O–H groups in total. The molecule has 1 atom stereocenters. The lowest BCUT2D eigenvalue weighted by molar-refractivity contribution is -0.117. The second-order valence-corrected chi connectivity index (χ2v) is 3.75. The van der Waals surface area contributed by atoms with Crippen LogP contribution in [0.1, 0.15) is 38.2 Å². The average Bonchev–Trinajstić information content (AvgIpc) is 2.25. The van der Waals surface area contributed by atoms with Crippen molar-refractivity contribution in [2.24, 2.45) is 0 Å². The topological polar surface area (TPSA) is 26.3 Å². The van der Waals surface area contributed by atoms with Crippen molar-refractivity contribution in [3.63, 3.8) is 0 Å². The van der Waals surface area contributed by atoms with E-state index in [9.17, 15) is 4.79 Å². The lowest BCUT2D eigenvalue weighted by Gasteiger charge is -2.16. The molecule has 2 nitrogen and oxygen atoms in total.